The summed E-state index contributed by atoms with van der Waals surface area (Å²) in [6, 6.07) is 6.56. The minimum absolute atomic E-state index is 0.206. The van der Waals surface area contributed by atoms with Crippen LogP contribution in [-0.4, -0.2) is 15.6 Å². The summed E-state index contributed by atoms with van der Waals surface area (Å²) in [4.78, 5) is 12.2. The Morgan fingerprint density at radius 3 is 2.79 bits per heavy atom. The fourth-order valence-electron chi connectivity index (χ4n) is 1.86. The first-order valence-electron chi connectivity index (χ1n) is 5.98. The summed E-state index contributed by atoms with van der Waals surface area (Å²) in [5.41, 5.74) is 1.86. The lowest BCUT2D eigenvalue weighted by Crippen LogP contribution is -2.16. The lowest BCUT2D eigenvalue weighted by atomic mass is 10.2. The van der Waals surface area contributed by atoms with Crippen LogP contribution in [0.4, 0.5) is 5.69 Å². The Hall–Kier alpha value is -1.94. The molecule has 1 heterocycles. The van der Waals surface area contributed by atoms with Gasteiger partial charge in [0.1, 0.15) is 11.4 Å². The second-order valence-electron chi connectivity index (χ2n) is 4.28. The summed E-state index contributed by atoms with van der Waals surface area (Å²) >= 11 is 5.90. The second-order valence-corrected chi connectivity index (χ2v) is 4.72. The van der Waals surface area contributed by atoms with E-state index in [1.807, 2.05) is 6.92 Å². The standard InChI is InChI=1S/C14H15ClN2O2/c1-3-17-8-10(15)7-12(17)14(19)16-11-4-5-13(18)9(2)6-11/h4-8,18H,3H2,1-2H3,(H,16,19). The number of halogens is 1. The van der Waals surface area contributed by atoms with Crippen LogP contribution in [0.3, 0.4) is 0 Å². The minimum atomic E-state index is -0.223. The largest absolute Gasteiger partial charge is 0.508 e. The van der Waals surface area contributed by atoms with Gasteiger partial charge in [-0.25, -0.2) is 0 Å². The zero-order valence-corrected chi connectivity index (χ0v) is 11.5. The third-order valence-corrected chi connectivity index (χ3v) is 3.10. The number of carbonyl (C=O) groups is 1. The SMILES string of the molecule is CCn1cc(Cl)cc1C(=O)Nc1ccc(O)c(C)c1. The summed E-state index contributed by atoms with van der Waals surface area (Å²) in [6.07, 6.45) is 1.72. The maximum absolute atomic E-state index is 12.2. The predicted octanol–water partition coefficient (Wildman–Crippen LogP) is 3.43. The normalized spacial score (nSPS) is 10.5. The van der Waals surface area contributed by atoms with E-state index in [-0.39, 0.29) is 11.7 Å². The van der Waals surface area contributed by atoms with Gasteiger partial charge in [0.25, 0.3) is 5.91 Å². The molecule has 100 valence electrons. The van der Waals surface area contributed by atoms with Gasteiger partial charge in [0.15, 0.2) is 0 Å². The number of hydrogen-bond acceptors (Lipinski definition) is 2. The molecule has 0 atom stereocenters. The van der Waals surface area contributed by atoms with E-state index in [1.54, 1.807) is 42.0 Å². The second kappa shape index (κ2) is 5.36. The number of aryl methyl sites for hydroxylation is 2. The van der Waals surface area contributed by atoms with E-state index in [0.717, 1.165) is 0 Å². The van der Waals surface area contributed by atoms with Gasteiger partial charge in [-0.1, -0.05) is 11.6 Å². The first kappa shape index (κ1) is 13.5. The molecular formula is C14H15ClN2O2. The van der Waals surface area contributed by atoms with Crippen LogP contribution in [0, 0.1) is 6.92 Å². The molecule has 0 spiro atoms. The highest BCUT2D eigenvalue weighted by Crippen LogP contribution is 2.21. The van der Waals surface area contributed by atoms with Crippen LogP contribution in [0.2, 0.25) is 5.02 Å². The number of phenols is 1. The maximum atomic E-state index is 12.2. The molecule has 4 nitrogen and oxygen atoms in total. The number of anilines is 1. The first-order chi connectivity index (χ1) is 9.01. The quantitative estimate of drug-likeness (QED) is 0.845. The Bertz CT molecular complexity index is 620. The zero-order chi connectivity index (χ0) is 14.0. The number of phenolic OH excluding ortho intramolecular Hbond substituents is 1. The van der Waals surface area contributed by atoms with Gasteiger partial charge in [-0.2, -0.15) is 0 Å². The fourth-order valence-corrected chi connectivity index (χ4v) is 2.08. The van der Waals surface area contributed by atoms with Gasteiger partial charge >= 0.3 is 0 Å². The molecule has 2 rings (SSSR count). The van der Waals surface area contributed by atoms with Crippen molar-refractivity contribution >= 4 is 23.2 Å². The van der Waals surface area contributed by atoms with Crippen LogP contribution in [0.1, 0.15) is 23.0 Å². The molecule has 0 saturated carbocycles. The number of hydrogen-bond donors (Lipinski definition) is 2. The highest BCUT2D eigenvalue weighted by Gasteiger charge is 2.13. The Labute approximate surface area is 116 Å². The van der Waals surface area contributed by atoms with Gasteiger partial charge in [-0.15, -0.1) is 0 Å². The molecule has 1 aromatic carbocycles. The fraction of sp³-hybridized carbons (Fsp3) is 0.214. The number of aromatic nitrogens is 1. The number of nitrogens with one attached hydrogen (secondary N) is 1. The maximum Gasteiger partial charge on any atom is 0.272 e. The summed E-state index contributed by atoms with van der Waals surface area (Å²) in [5.74, 6) is -0.0168. The Kier molecular flexibility index (Phi) is 3.81. The predicted molar refractivity (Wildman–Crippen MR) is 75.9 cm³/mol. The van der Waals surface area contributed by atoms with Crippen LogP contribution >= 0.6 is 11.6 Å². The summed E-state index contributed by atoms with van der Waals surface area (Å²) < 4.78 is 1.78. The van der Waals surface area contributed by atoms with Gasteiger partial charge < -0.3 is 15.0 Å². The van der Waals surface area contributed by atoms with Crippen molar-refractivity contribution in [3.63, 3.8) is 0 Å². The zero-order valence-electron chi connectivity index (χ0n) is 10.8. The molecule has 19 heavy (non-hydrogen) atoms. The van der Waals surface area contributed by atoms with Crippen molar-refractivity contribution in [1.29, 1.82) is 0 Å². The Morgan fingerprint density at radius 1 is 1.42 bits per heavy atom. The number of nitrogens with zero attached hydrogens (tertiary/aromatic N) is 1. The molecule has 0 fully saturated rings. The molecule has 0 unspecified atom stereocenters. The van der Waals surface area contributed by atoms with Crippen molar-refractivity contribution in [1.82, 2.24) is 4.57 Å². The lowest BCUT2D eigenvalue weighted by molar-refractivity contribution is 0.101. The van der Waals surface area contributed by atoms with Gasteiger partial charge in [-0.3, -0.25) is 4.79 Å². The molecule has 2 aromatic rings. The van der Waals surface area contributed by atoms with Gasteiger partial charge in [0, 0.05) is 18.4 Å². The Morgan fingerprint density at radius 2 is 2.16 bits per heavy atom. The first-order valence-corrected chi connectivity index (χ1v) is 6.35. The molecule has 0 aliphatic carbocycles. The average molecular weight is 279 g/mol. The van der Waals surface area contributed by atoms with Gasteiger partial charge in [0.05, 0.1) is 5.02 Å². The van der Waals surface area contributed by atoms with Crippen molar-refractivity contribution < 1.29 is 9.90 Å². The van der Waals surface area contributed by atoms with E-state index < -0.39 is 0 Å². The molecular weight excluding hydrogens is 264 g/mol. The average Bonchev–Trinajstić information content (AvgIpc) is 2.75. The van der Waals surface area contributed by atoms with Gasteiger partial charge in [-0.05, 0) is 43.7 Å². The number of carbonyl (C=O) groups excluding carboxylic acids is 1. The van der Waals surface area contributed by atoms with Crippen molar-refractivity contribution in [2.75, 3.05) is 5.32 Å². The monoisotopic (exact) mass is 278 g/mol. The third-order valence-electron chi connectivity index (χ3n) is 2.89. The lowest BCUT2D eigenvalue weighted by Gasteiger charge is -2.08. The molecule has 5 heteroatoms. The summed E-state index contributed by atoms with van der Waals surface area (Å²) in [5, 5.41) is 12.8. The van der Waals surface area contributed by atoms with E-state index in [1.165, 1.54) is 0 Å². The molecule has 0 saturated heterocycles. The summed E-state index contributed by atoms with van der Waals surface area (Å²) in [7, 11) is 0. The van der Waals surface area contributed by atoms with Crippen molar-refractivity contribution in [3.8, 4) is 5.75 Å². The van der Waals surface area contributed by atoms with Crippen LogP contribution in [0.15, 0.2) is 30.5 Å². The van der Waals surface area contributed by atoms with E-state index >= 15 is 0 Å². The number of amides is 1. The highest BCUT2D eigenvalue weighted by atomic mass is 35.5. The van der Waals surface area contributed by atoms with Crippen molar-refractivity contribution in [2.24, 2.45) is 0 Å². The molecule has 0 bridgehead atoms. The topological polar surface area (TPSA) is 54.3 Å². The van der Waals surface area contributed by atoms with Crippen molar-refractivity contribution in [3.05, 3.63) is 46.7 Å². The minimum Gasteiger partial charge on any atom is -0.508 e. The van der Waals surface area contributed by atoms with E-state index in [0.29, 0.717) is 28.5 Å². The summed E-state index contributed by atoms with van der Waals surface area (Å²) in [6.45, 7) is 4.39. The smallest absolute Gasteiger partial charge is 0.272 e. The van der Waals surface area contributed by atoms with Gasteiger partial charge in [0.2, 0.25) is 0 Å². The van der Waals surface area contributed by atoms with Crippen LogP contribution in [-0.2, 0) is 6.54 Å². The van der Waals surface area contributed by atoms with Crippen LogP contribution in [0.25, 0.3) is 0 Å². The van der Waals surface area contributed by atoms with Crippen LogP contribution in [0.5, 0.6) is 5.75 Å². The molecule has 1 aromatic heterocycles. The molecule has 0 aliphatic rings. The Balaban J connectivity index is 2.22. The van der Waals surface area contributed by atoms with E-state index in [4.69, 9.17) is 11.6 Å². The molecule has 2 N–H and O–H groups in total. The number of aromatic hydroxyl groups is 1. The number of benzene rings is 1. The molecule has 0 aliphatic heterocycles. The molecule has 0 radical (unpaired) electrons. The molecule has 1 amide bonds. The third kappa shape index (κ3) is 2.90. The highest BCUT2D eigenvalue weighted by molar-refractivity contribution is 6.31. The van der Waals surface area contributed by atoms with Crippen molar-refractivity contribution in [2.45, 2.75) is 20.4 Å². The number of rotatable bonds is 3. The van der Waals surface area contributed by atoms with E-state index in [9.17, 15) is 9.90 Å². The van der Waals surface area contributed by atoms with Crippen LogP contribution < -0.4 is 5.32 Å². The van der Waals surface area contributed by atoms with E-state index in [2.05, 4.69) is 5.32 Å².